The normalized spacial score (nSPS) is 13.4. The largest absolute Gasteiger partial charge is 0.491 e. The third-order valence-corrected chi connectivity index (χ3v) is 3.56. The average Bonchev–Trinajstić information content (AvgIpc) is 2.54. The fourth-order valence-electron chi connectivity index (χ4n) is 2.24. The van der Waals surface area contributed by atoms with Crippen molar-refractivity contribution in [1.29, 1.82) is 0 Å². The summed E-state index contributed by atoms with van der Waals surface area (Å²) in [7, 11) is 3.99. The Labute approximate surface area is 156 Å². The summed E-state index contributed by atoms with van der Waals surface area (Å²) in [6, 6.07) is 7.39. The first-order valence-electron chi connectivity index (χ1n) is 7.70. The van der Waals surface area contributed by atoms with E-state index >= 15 is 0 Å². The van der Waals surface area contributed by atoms with E-state index < -0.39 is 0 Å². The molecule has 2 N–H and O–H groups in total. The maximum absolute atomic E-state index is 12.4. The van der Waals surface area contributed by atoms with Crippen LogP contribution < -0.4 is 15.4 Å². The summed E-state index contributed by atoms with van der Waals surface area (Å²) in [4.78, 5) is 14.4. The van der Waals surface area contributed by atoms with Gasteiger partial charge in [0.15, 0.2) is 0 Å². The van der Waals surface area contributed by atoms with Crippen LogP contribution in [0.2, 0.25) is 0 Å². The maximum atomic E-state index is 12.4. The van der Waals surface area contributed by atoms with Gasteiger partial charge in [0.05, 0.1) is 5.56 Å². The number of nitrogens with one attached hydrogen (secondary N) is 2. The third-order valence-electron chi connectivity index (χ3n) is 3.56. The quantitative estimate of drug-likeness (QED) is 0.716. The van der Waals surface area contributed by atoms with Crippen LogP contribution in [0.5, 0.6) is 5.75 Å². The summed E-state index contributed by atoms with van der Waals surface area (Å²) in [6.07, 6.45) is 3.13. The first-order chi connectivity index (χ1) is 10.7. The zero-order valence-electron chi connectivity index (χ0n) is 14.2. The second-order valence-corrected chi connectivity index (χ2v) is 5.65. The van der Waals surface area contributed by atoms with E-state index in [0.29, 0.717) is 24.5 Å². The smallest absolute Gasteiger partial charge is 0.255 e. The van der Waals surface area contributed by atoms with Crippen molar-refractivity contribution in [3.8, 4) is 5.75 Å². The Morgan fingerprint density at radius 3 is 2.71 bits per heavy atom. The standard InChI is InChI=1S/C17H25N3O2.2ClH/c1-20(2)11-12-22-16-6-4-3-5-15(16)17(21)19-13-14-7-9-18-10-8-14;;/h3-7,18H,8-13H2,1-2H3,(H,19,21);2*1H. The molecule has 0 bridgehead atoms. The molecule has 2 rings (SSSR count). The monoisotopic (exact) mass is 375 g/mol. The van der Waals surface area contributed by atoms with Crippen molar-refractivity contribution in [1.82, 2.24) is 15.5 Å². The molecule has 7 heteroatoms. The van der Waals surface area contributed by atoms with E-state index in [0.717, 1.165) is 26.1 Å². The Bertz CT molecular complexity index is 536. The molecule has 1 aromatic carbocycles. The van der Waals surface area contributed by atoms with Gasteiger partial charge < -0.3 is 20.3 Å². The van der Waals surface area contributed by atoms with E-state index in [1.54, 1.807) is 6.07 Å². The van der Waals surface area contributed by atoms with Crippen LogP contribution >= 0.6 is 24.8 Å². The number of rotatable bonds is 7. The number of halogens is 2. The van der Waals surface area contributed by atoms with Gasteiger partial charge in [0, 0.05) is 19.6 Å². The molecule has 0 saturated heterocycles. The van der Waals surface area contributed by atoms with E-state index in [1.807, 2.05) is 37.2 Å². The van der Waals surface area contributed by atoms with Gasteiger partial charge in [-0.2, -0.15) is 0 Å². The van der Waals surface area contributed by atoms with Crippen LogP contribution in [0.3, 0.4) is 0 Å². The van der Waals surface area contributed by atoms with Crippen molar-refractivity contribution >= 4 is 30.7 Å². The van der Waals surface area contributed by atoms with E-state index in [4.69, 9.17) is 4.74 Å². The second kappa shape index (κ2) is 12.1. The van der Waals surface area contributed by atoms with Gasteiger partial charge in [-0.15, -0.1) is 24.8 Å². The Morgan fingerprint density at radius 1 is 1.29 bits per heavy atom. The van der Waals surface area contributed by atoms with Crippen LogP contribution in [0.25, 0.3) is 0 Å². The van der Waals surface area contributed by atoms with Crippen LogP contribution in [-0.4, -0.2) is 57.7 Å². The molecule has 0 atom stereocenters. The number of likely N-dealkylation sites (N-methyl/N-ethyl adjacent to an activating group) is 1. The number of para-hydroxylation sites is 1. The van der Waals surface area contributed by atoms with Crippen molar-refractivity contribution in [2.45, 2.75) is 6.42 Å². The first-order valence-corrected chi connectivity index (χ1v) is 7.70. The second-order valence-electron chi connectivity index (χ2n) is 5.65. The van der Waals surface area contributed by atoms with Gasteiger partial charge in [0.25, 0.3) is 5.91 Å². The summed E-state index contributed by atoms with van der Waals surface area (Å²) in [5.74, 6) is 0.557. The number of carbonyl (C=O) groups is 1. The fourth-order valence-corrected chi connectivity index (χ4v) is 2.24. The van der Waals surface area contributed by atoms with Gasteiger partial charge in [0.2, 0.25) is 0 Å². The van der Waals surface area contributed by atoms with Crippen molar-refractivity contribution in [3.05, 3.63) is 41.5 Å². The van der Waals surface area contributed by atoms with E-state index in [1.165, 1.54) is 5.57 Å². The molecule has 0 radical (unpaired) electrons. The molecule has 0 fully saturated rings. The van der Waals surface area contributed by atoms with Gasteiger partial charge in [-0.25, -0.2) is 0 Å². The SMILES string of the molecule is CN(C)CCOc1ccccc1C(=O)NCC1=CCNCC1.Cl.Cl. The molecular weight excluding hydrogens is 349 g/mol. The number of nitrogens with zero attached hydrogens (tertiary/aromatic N) is 1. The topological polar surface area (TPSA) is 53.6 Å². The molecule has 0 saturated carbocycles. The minimum atomic E-state index is -0.0834. The highest BCUT2D eigenvalue weighted by Gasteiger charge is 2.12. The van der Waals surface area contributed by atoms with Gasteiger partial charge in [-0.05, 0) is 39.2 Å². The number of carbonyl (C=O) groups excluding carboxylic acids is 1. The van der Waals surface area contributed by atoms with Crippen LogP contribution in [0, 0.1) is 0 Å². The molecule has 0 aromatic heterocycles. The number of amides is 1. The van der Waals surface area contributed by atoms with Crippen LogP contribution in [0.15, 0.2) is 35.9 Å². The Balaban J connectivity index is 0.00000264. The highest BCUT2D eigenvalue weighted by atomic mass is 35.5. The molecule has 1 aliphatic rings. The lowest BCUT2D eigenvalue weighted by Crippen LogP contribution is -2.30. The molecule has 24 heavy (non-hydrogen) atoms. The molecule has 1 aliphatic heterocycles. The summed E-state index contributed by atoms with van der Waals surface area (Å²) in [5, 5.41) is 6.25. The highest BCUT2D eigenvalue weighted by Crippen LogP contribution is 2.18. The van der Waals surface area contributed by atoms with Crippen LogP contribution in [-0.2, 0) is 0 Å². The number of benzene rings is 1. The van der Waals surface area contributed by atoms with Crippen LogP contribution in [0.4, 0.5) is 0 Å². The van der Waals surface area contributed by atoms with E-state index in [2.05, 4.69) is 16.7 Å². The van der Waals surface area contributed by atoms with Gasteiger partial charge in [-0.3, -0.25) is 4.79 Å². The lowest BCUT2D eigenvalue weighted by Gasteiger charge is -2.16. The molecule has 0 spiro atoms. The Hall–Kier alpha value is -1.27. The van der Waals surface area contributed by atoms with Crippen molar-refractivity contribution in [2.24, 2.45) is 0 Å². The van der Waals surface area contributed by atoms with Crippen molar-refractivity contribution in [2.75, 3.05) is 46.9 Å². The van der Waals surface area contributed by atoms with Crippen LogP contribution in [0.1, 0.15) is 16.8 Å². The molecule has 1 amide bonds. The zero-order valence-corrected chi connectivity index (χ0v) is 15.8. The zero-order chi connectivity index (χ0) is 15.8. The molecule has 1 heterocycles. The average molecular weight is 376 g/mol. The van der Waals surface area contributed by atoms with Crippen molar-refractivity contribution in [3.63, 3.8) is 0 Å². The molecule has 0 unspecified atom stereocenters. The lowest BCUT2D eigenvalue weighted by atomic mass is 10.1. The van der Waals surface area contributed by atoms with Gasteiger partial charge >= 0.3 is 0 Å². The highest BCUT2D eigenvalue weighted by molar-refractivity contribution is 5.97. The summed E-state index contributed by atoms with van der Waals surface area (Å²) < 4.78 is 5.73. The number of hydrogen-bond donors (Lipinski definition) is 2. The Morgan fingerprint density at radius 2 is 2.04 bits per heavy atom. The summed E-state index contributed by atoms with van der Waals surface area (Å²) in [5.41, 5.74) is 1.87. The first kappa shape index (κ1) is 22.7. The number of hydrogen-bond acceptors (Lipinski definition) is 4. The predicted octanol–water partition coefficient (Wildman–Crippen LogP) is 2.12. The minimum Gasteiger partial charge on any atom is -0.491 e. The third kappa shape index (κ3) is 7.53. The molecular formula is C17H27Cl2N3O2. The predicted molar refractivity (Wildman–Crippen MR) is 103 cm³/mol. The molecule has 136 valence electrons. The summed E-state index contributed by atoms with van der Waals surface area (Å²) >= 11 is 0. The van der Waals surface area contributed by atoms with Crippen molar-refractivity contribution < 1.29 is 9.53 Å². The van der Waals surface area contributed by atoms with E-state index in [-0.39, 0.29) is 30.7 Å². The fraction of sp³-hybridized carbons (Fsp3) is 0.471. The molecule has 1 aromatic rings. The lowest BCUT2D eigenvalue weighted by molar-refractivity contribution is 0.0952. The summed E-state index contributed by atoms with van der Waals surface area (Å²) in [6.45, 7) is 3.85. The molecule has 0 aliphatic carbocycles. The minimum absolute atomic E-state index is 0. The number of ether oxygens (including phenoxy) is 1. The van der Waals surface area contributed by atoms with Gasteiger partial charge in [0.1, 0.15) is 12.4 Å². The van der Waals surface area contributed by atoms with E-state index in [9.17, 15) is 4.79 Å². The Kier molecular flexibility index (Phi) is 11.5. The van der Waals surface area contributed by atoms with Gasteiger partial charge in [-0.1, -0.05) is 23.8 Å². The maximum Gasteiger partial charge on any atom is 0.255 e. The molecule has 5 nitrogen and oxygen atoms in total.